The summed E-state index contributed by atoms with van der Waals surface area (Å²) < 4.78 is 40.0. The van der Waals surface area contributed by atoms with Gasteiger partial charge in [0.15, 0.2) is 11.6 Å². The van der Waals surface area contributed by atoms with E-state index < -0.39 is 23.4 Å². The molecule has 1 heterocycles. The van der Waals surface area contributed by atoms with Crippen LogP contribution < -0.4 is 31.8 Å². The quantitative estimate of drug-likeness (QED) is 0.347. The molecule has 0 radical (unpaired) electrons. The lowest BCUT2D eigenvalue weighted by Gasteiger charge is -2.12. The van der Waals surface area contributed by atoms with Gasteiger partial charge in [-0.05, 0) is 43.3 Å². The van der Waals surface area contributed by atoms with Gasteiger partial charge in [0.05, 0.1) is 11.1 Å². The largest absolute Gasteiger partial charge is 0.436 e. The van der Waals surface area contributed by atoms with Gasteiger partial charge in [0.1, 0.15) is 11.5 Å². The number of ether oxygens (including phenoxy) is 2. The first kappa shape index (κ1) is 19.7. The summed E-state index contributed by atoms with van der Waals surface area (Å²) in [7, 11) is 0. The Morgan fingerprint density at radius 2 is 1.24 bits per heavy atom. The summed E-state index contributed by atoms with van der Waals surface area (Å²) >= 11 is 0. The van der Waals surface area contributed by atoms with E-state index in [0.717, 1.165) is 0 Å². The van der Waals surface area contributed by atoms with Crippen LogP contribution in [0.2, 0.25) is 0 Å². The number of amidine groups is 2. The van der Waals surface area contributed by atoms with Crippen molar-refractivity contribution in [1.82, 2.24) is 4.98 Å². The molecular formula is C20H19F2N5O2+2. The molecule has 148 valence electrons. The SMILES string of the molecule is Cc1c(F)c(Oc2cccc(C(N)=[NH2+])c2)nc(Oc2cccc(C(N)=[NH2+])c2)c1F. The maximum absolute atomic E-state index is 14.5. The van der Waals surface area contributed by atoms with Gasteiger partial charge in [-0.1, -0.05) is 12.1 Å². The first-order valence-corrected chi connectivity index (χ1v) is 8.44. The van der Waals surface area contributed by atoms with E-state index >= 15 is 0 Å². The predicted molar refractivity (Wildman–Crippen MR) is 102 cm³/mol. The van der Waals surface area contributed by atoms with Crippen LogP contribution in [0, 0.1) is 18.6 Å². The molecule has 0 amide bonds. The van der Waals surface area contributed by atoms with E-state index in [9.17, 15) is 8.78 Å². The molecule has 0 aliphatic heterocycles. The Balaban J connectivity index is 1.97. The van der Waals surface area contributed by atoms with Gasteiger partial charge < -0.3 is 9.47 Å². The second-order valence-corrected chi connectivity index (χ2v) is 6.15. The van der Waals surface area contributed by atoms with Gasteiger partial charge >= 0.3 is 0 Å². The summed E-state index contributed by atoms with van der Waals surface area (Å²) in [6.45, 7) is 1.25. The van der Waals surface area contributed by atoms with Crippen molar-refractivity contribution >= 4 is 11.7 Å². The van der Waals surface area contributed by atoms with Crippen molar-refractivity contribution in [2.24, 2.45) is 11.5 Å². The average Bonchev–Trinajstić information content (AvgIpc) is 2.70. The number of benzene rings is 2. The Morgan fingerprint density at radius 1 is 0.828 bits per heavy atom. The lowest BCUT2D eigenvalue weighted by atomic mass is 10.2. The number of nitrogens with two attached hydrogens (primary N) is 4. The molecule has 3 aromatic rings. The number of nitrogens with zero attached hydrogens (tertiary/aromatic N) is 1. The van der Waals surface area contributed by atoms with Gasteiger partial charge in [0, 0.05) is 5.56 Å². The fraction of sp³-hybridized carbons (Fsp3) is 0.0500. The third kappa shape index (κ3) is 4.29. The Bertz CT molecular complexity index is 1030. The Labute approximate surface area is 164 Å². The van der Waals surface area contributed by atoms with E-state index in [1.807, 2.05) is 0 Å². The van der Waals surface area contributed by atoms with Gasteiger partial charge in [-0.3, -0.25) is 22.3 Å². The monoisotopic (exact) mass is 399 g/mol. The van der Waals surface area contributed by atoms with Crippen LogP contribution in [0.5, 0.6) is 23.3 Å². The Kier molecular flexibility index (Phi) is 5.40. The van der Waals surface area contributed by atoms with Crippen molar-refractivity contribution in [1.29, 1.82) is 0 Å². The molecule has 0 saturated heterocycles. The van der Waals surface area contributed by atoms with Crippen molar-refractivity contribution in [2.45, 2.75) is 6.92 Å². The molecule has 0 fully saturated rings. The molecule has 0 aliphatic carbocycles. The van der Waals surface area contributed by atoms with Crippen LogP contribution >= 0.6 is 0 Å². The Morgan fingerprint density at radius 3 is 1.62 bits per heavy atom. The molecule has 9 heteroatoms. The average molecular weight is 399 g/mol. The van der Waals surface area contributed by atoms with Gasteiger partial charge in [0.2, 0.25) is 0 Å². The van der Waals surface area contributed by atoms with E-state index in [2.05, 4.69) is 4.98 Å². The molecule has 3 rings (SSSR count). The van der Waals surface area contributed by atoms with Crippen LogP contribution in [0.4, 0.5) is 8.78 Å². The molecule has 0 aliphatic rings. The van der Waals surface area contributed by atoms with E-state index in [1.165, 1.54) is 19.1 Å². The van der Waals surface area contributed by atoms with E-state index in [0.29, 0.717) is 11.1 Å². The van der Waals surface area contributed by atoms with Gasteiger partial charge in [-0.2, -0.15) is 4.98 Å². The number of rotatable bonds is 6. The number of pyridine rings is 1. The van der Waals surface area contributed by atoms with Crippen LogP contribution in [0.15, 0.2) is 48.5 Å². The van der Waals surface area contributed by atoms with Crippen LogP contribution in [-0.2, 0) is 0 Å². The second-order valence-electron chi connectivity index (χ2n) is 6.15. The molecule has 0 spiro atoms. The van der Waals surface area contributed by atoms with Gasteiger partial charge in [-0.15, -0.1) is 0 Å². The normalized spacial score (nSPS) is 10.4. The molecule has 0 atom stereocenters. The standard InChI is InChI=1S/C20H17F2N5O2/c1-10-15(21)19(28-13-6-2-4-11(8-13)17(23)24)27-20(16(10)22)29-14-7-3-5-12(9-14)18(25)26/h2-9H,1H3,(H3,23,24)(H3,25,26)/p+2. The van der Waals surface area contributed by atoms with E-state index in [-0.39, 0.29) is 28.7 Å². The predicted octanol–water partition coefficient (Wildman–Crippen LogP) is 0.182. The molecule has 7 nitrogen and oxygen atoms in total. The summed E-state index contributed by atoms with van der Waals surface area (Å²) in [4.78, 5) is 3.84. The molecule has 0 bridgehead atoms. The van der Waals surface area contributed by atoms with Gasteiger partial charge in [-0.25, -0.2) is 8.78 Å². The fourth-order valence-corrected chi connectivity index (χ4v) is 2.44. The summed E-state index contributed by atoms with van der Waals surface area (Å²) in [5.74, 6) is -2.28. The van der Waals surface area contributed by atoms with Crippen molar-refractivity contribution < 1.29 is 29.1 Å². The third-order valence-corrected chi connectivity index (χ3v) is 4.00. The second kappa shape index (κ2) is 7.93. The minimum absolute atomic E-state index is 0.0686. The zero-order chi connectivity index (χ0) is 21.1. The smallest absolute Gasteiger partial charge is 0.270 e. The number of hydrogen-bond donors (Lipinski definition) is 4. The summed E-state index contributed by atoms with van der Waals surface area (Å²) in [6.07, 6.45) is 0. The lowest BCUT2D eigenvalue weighted by molar-refractivity contribution is -0.115. The topological polar surface area (TPSA) is 135 Å². The first-order chi connectivity index (χ1) is 13.8. The highest BCUT2D eigenvalue weighted by molar-refractivity contribution is 5.93. The summed E-state index contributed by atoms with van der Waals surface area (Å²) in [6, 6.07) is 12.7. The van der Waals surface area contributed by atoms with Crippen LogP contribution in [-0.4, -0.2) is 16.7 Å². The molecular weight excluding hydrogens is 380 g/mol. The Hall–Kier alpha value is -4.01. The minimum atomic E-state index is -0.960. The maximum atomic E-state index is 14.5. The highest BCUT2D eigenvalue weighted by Gasteiger charge is 2.21. The van der Waals surface area contributed by atoms with Crippen LogP contribution in [0.25, 0.3) is 0 Å². The van der Waals surface area contributed by atoms with Crippen LogP contribution in [0.3, 0.4) is 0 Å². The van der Waals surface area contributed by atoms with Crippen molar-refractivity contribution in [3.8, 4) is 23.3 Å². The molecule has 0 unspecified atom stereocenters. The number of hydrogen-bond acceptors (Lipinski definition) is 3. The first-order valence-electron chi connectivity index (χ1n) is 8.44. The zero-order valence-electron chi connectivity index (χ0n) is 15.4. The zero-order valence-corrected chi connectivity index (χ0v) is 15.4. The lowest BCUT2D eigenvalue weighted by Crippen LogP contribution is -2.46. The van der Waals surface area contributed by atoms with Crippen LogP contribution in [0.1, 0.15) is 16.7 Å². The number of aromatic nitrogens is 1. The summed E-state index contributed by atoms with van der Waals surface area (Å²) in [5.41, 5.74) is 11.8. The highest BCUT2D eigenvalue weighted by Crippen LogP contribution is 2.32. The maximum Gasteiger partial charge on any atom is 0.270 e. The van der Waals surface area contributed by atoms with Gasteiger partial charge in [0.25, 0.3) is 23.4 Å². The molecule has 1 aromatic heterocycles. The van der Waals surface area contributed by atoms with Crippen molar-refractivity contribution in [3.05, 3.63) is 76.9 Å². The highest BCUT2D eigenvalue weighted by atomic mass is 19.1. The summed E-state index contributed by atoms with van der Waals surface area (Å²) in [5, 5.41) is 11.1. The molecule has 8 N–H and O–H groups in total. The van der Waals surface area contributed by atoms with E-state index in [4.69, 9.17) is 31.8 Å². The molecule has 29 heavy (non-hydrogen) atoms. The third-order valence-electron chi connectivity index (χ3n) is 4.00. The van der Waals surface area contributed by atoms with E-state index in [1.54, 1.807) is 36.4 Å². The number of halogens is 2. The minimum Gasteiger partial charge on any atom is -0.436 e. The molecule has 2 aromatic carbocycles. The van der Waals surface area contributed by atoms with Crippen molar-refractivity contribution in [3.63, 3.8) is 0 Å². The fourth-order valence-electron chi connectivity index (χ4n) is 2.44. The van der Waals surface area contributed by atoms with Crippen molar-refractivity contribution in [2.75, 3.05) is 0 Å². The molecule has 0 saturated carbocycles.